The largest absolute Gasteiger partial charge is 0.299 e. The molecule has 0 radical (unpaired) electrons. The molecule has 1 aliphatic carbocycles. The molecular formula is C18H26O. The highest BCUT2D eigenvalue weighted by Gasteiger charge is 2.41. The van der Waals surface area contributed by atoms with Crippen molar-refractivity contribution in [3.8, 4) is 0 Å². The number of Topliss-reactive ketones (excluding diaryl/α,β-unsaturated/α-hetero) is 1. The Hall–Kier alpha value is -1.11. The van der Waals surface area contributed by atoms with Gasteiger partial charge in [0.15, 0.2) is 0 Å². The number of rotatable bonds is 7. The molecule has 1 aliphatic rings. The summed E-state index contributed by atoms with van der Waals surface area (Å²) in [4.78, 5) is 12.7. The molecule has 1 nitrogen and oxygen atoms in total. The second-order valence-electron chi connectivity index (χ2n) is 5.89. The van der Waals surface area contributed by atoms with Gasteiger partial charge >= 0.3 is 0 Å². The van der Waals surface area contributed by atoms with E-state index >= 15 is 0 Å². The van der Waals surface area contributed by atoms with Crippen molar-refractivity contribution in [2.24, 2.45) is 0 Å². The number of carbonyl (C=O) groups excluding carboxylic acids is 1. The van der Waals surface area contributed by atoms with Crippen LogP contribution in [0.5, 0.6) is 0 Å². The molecule has 0 heterocycles. The standard InChI is InChI=1S/C18H26O/c1-2-3-4-8-13-17(19)18(14-9-10-15-18)16-11-6-5-7-12-16/h5-7,11-12H,2-4,8-10,13-15H2,1H3. The van der Waals surface area contributed by atoms with Crippen LogP contribution in [0.15, 0.2) is 30.3 Å². The first kappa shape index (κ1) is 14.3. The fourth-order valence-corrected chi connectivity index (χ4v) is 3.42. The Morgan fingerprint density at radius 2 is 1.74 bits per heavy atom. The maximum absolute atomic E-state index is 12.7. The summed E-state index contributed by atoms with van der Waals surface area (Å²) in [7, 11) is 0. The summed E-state index contributed by atoms with van der Waals surface area (Å²) in [5.74, 6) is 0.493. The van der Waals surface area contributed by atoms with Crippen molar-refractivity contribution in [1.29, 1.82) is 0 Å². The van der Waals surface area contributed by atoms with Gasteiger partial charge in [-0.2, -0.15) is 0 Å². The number of hydrogen-bond acceptors (Lipinski definition) is 1. The topological polar surface area (TPSA) is 17.1 Å². The van der Waals surface area contributed by atoms with Crippen LogP contribution in [0.3, 0.4) is 0 Å². The van der Waals surface area contributed by atoms with Crippen molar-refractivity contribution < 1.29 is 4.79 Å². The van der Waals surface area contributed by atoms with E-state index in [0.717, 1.165) is 25.7 Å². The van der Waals surface area contributed by atoms with E-state index in [0.29, 0.717) is 5.78 Å². The third-order valence-electron chi connectivity index (χ3n) is 4.57. The molecule has 1 aromatic rings. The Morgan fingerprint density at radius 3 is 2.37 bits per heavy atom. The predicted octanol–water partition coefficient (Wildman–Crippen LogP) is 5.04. The zero-order valence-electron chi connectivity index (χ0n) is 12.2. The van der Waals surface area contributed by atoms with Crippen LogP contribution in [0.1, 0.15) is 70.3 Å². The molecule has 0 N–H and O–H groups in total. The SMILES string of the molecule is CCCCCCC(=O)C1(c2ccccc2)CCCC1. The summed E-state index contributed by atoms with van der Waals surface area (Å²) in [6, 6.07) is 10.5. The van der Waals surface area contributed by atoms with Crippen LogP contribution in [0, 0.1) is 0 Å². The summed E-state index contributed by atoms with van der Waals surface area (Å²) in [6.45, 7) is 2.21. The van der Waals surface area contributed by atoms with Crippen molar-refractivity contribution in [2.75, 3.05) is 0 Å². The lowest BCUT2D eigenvalue weighted by Gasteiger charge is -2.28. The van der Waals surface area contributed by atoms with E-state index in [9.17, 15) is 4.79 Å². The highest BCUT2D eigenvalue weighted by atomic mass is 16.1. The van der Waals surface area contributed by atoms with Crippen molar-refractivity contribution in [3.05, 3.63) is 35.9 Å². The second kappa shape index (κ2) is 6.88. The summed E-state index contributed by atoms with van der Waals surface area (Å²) in [6.07, 6.45) is 10.1. The van der Waals surface area contributed by atoms with Crippen molar-refractivity contribution in [2.45, 2.75) is 70.1 Å². The summed E-state index contributed by atoms with van der Waals surface area (Å²) in [5, 5.41) is 0. The van der Waals surface area contributed by atoms with Crippen molar-refractivity contribution in [1.82, 2.24) is 0 Å². The lowest BCUT2D eigenvalue weighted by atomic mass is 9.74. The normalized spacial score (nSPS) is 17.5. The molecule has 0 bridgehead atoms. The van der Waals surface area contributed by atoms with Gasteiger partial charge in [0.2, 0.25) is 0 Å². The molecule has 2 rings (SSSR count). The van der Waals surface area contributed by atoms with Gasteiger partial charge < -0.3 is 0 Å². The zero-order valence-corrected chi connectivity index (χ0v) is 12.2. The fraction of sp³-hybridized carbons (Fsp3) is 0.611. The Kier molecular flexibility index (Phi) is 5.18. The molecule has 104 valence electrons. The van der Waals surface area contributed by atoms with Crippen LogP contribution in [-0.2, 0) is 10.2 Å². The molecule has 0 atom stereocenters. The molecule has 0 aromatic heterocycles. The smallest absolute Gasteiger partial charge is 0.143 e. The first-order chi connectivity index (χ1) is 9.29. The number of carbonyl (C=O) groups is 1. The molecular weight excluding hydrogens is 232 g/mol. The monoisotopic (exact) mass is 258 g/mol. The van der Waals surface area contributed by atoms with E-state index < -0.39 is 0 Å². The van der Waals surface area contributed by atoms with E-state index in [1.165, 1.54) is 37.7 Å². The minimum atomic E-state index is -0.145. The van der Waals surface area contributed by atoms with Crippen LogP contribution in [0.4, 0.5) is 0 Å². The maximum Gasteiger partial charge on any atom is 0.143 e. The Labute approximate surface area is 117 Å². The maximum atomic E-state index is 12.7. The summed E-state index contributed by atoms with van der Waals surface area (Å²) in [5.41, 5.74) is 1.11. The summed E-state index contributed by atoms with van der Waals surface area (Å²) >= 11 is 0. The first-order valence-corrected chi connectivity index (χ1v) is 7.88. The quantitative estimate of drug-likeness (QED) is 0.626. The van der Waals surface area contributed by atoms with Crippen LogP contribution in [-0.4, -0.2) is 5.78 Å². The first-order valence-electron chi connectivity index (χ1n) is 7.88. The van der Waals surface area contributed by atoms with Crippen molar-refractivity contribution in [3.63, 3.8) is 0 Å². The van der Waals surface area contributed by atoms with Gasteiger partial charge in [0, 0.05) is 6.42 Å². The third kappa shape index (κ3) is 3.26. The van der Waals surface area contributed by atoms with Gasteiger partial charge in [-0.1, -0.05) is 69.4 Å². The van der Waals surface area contributed by atoms with Crippen molar-refractivity contribution >= 4 is 5.78 Å². The lowest BCUT2D eigenvalue weighted by molar-refractivity contribution is -0.124. The number of unbranched alkanes of at least 4 members (excludes halogenated alkanes) is 3. The van der Waals surface area contributed by atoms with Crippen LogP contribution in [0.25, 0.3) is 0 Å². The molecule has 19 heavy (non-hydrogen) atoms. The predicted molar refractivity (Wildman–Crippen MR) is 80.4 cm³/mol. The Bertz CT molecular complexity index is 387. The van der Waals surface area contributed by atoms with E-state index in [1.807, 2.05) is 6.07 Å². The van der Waals surface area contributed by atoms with Crippen LogP contribution in [0.2, 0.25) is 0 Å². The minimum absolute atomic E-state index is 0.145. The fourth-order valence-electron chi connectivity index (χ4n) is 3.42. The molecule has 1 saturated carbocycles. The van der Waals surface area contributed by atoms with Crippen LogP contribution < -0.4 is 0 Å². The van der Waals surface area contributed by atoms with Gasteiger partial charge in [0.05, 0.1) is 5.41 Å². The molecule has 0 amide bonds. The van der Waals surface area contributed by atoms with Gasteiger partial charge in [0.25, 0.3) is 0 Å². The summed E-state index contributed by atoms with van der Waals surface area (Å²) < 4.78 is 0. The van der Waals surface area contributed by atoms with Gasteiger partial charge in [-0.15, -0.1) is 0 Å². The van der Waals surface area contributed by atoms with Crippen LogP contribution >= 0.6 is 0 Å². The average molecular weight is 258 g/mol. The number of ketones is 1. The highest BCUT2D eigenvalue weighted by molar-refractivity contribution is 5.90. The Morgan fingerprint density at radius 1 is 1.05 bits per heavy atom. The van der Waals surface area contributed by atoms with Gasteiger partial charge in [-0.3, -0.25) is 4.79 Å². The van der Waals surface area contributed by atoms with E-state index in [4.69, 9.17) is 0 Å². The van der Waals surface area contributed by atoms with E-state index in [1.54, 1.807) is 0 Å². The molecule has 0 unspecified atom stereocenters. The molecule has 0 spiro atoms. The van der Waals surface area contributed by atoms with Gasteiger partial charge in [-0.25, -0.2) is 0 Å². The van der Waals surface area contributed by atoms with Gasteiger partial charge in [-0.05, 0) is 24.8 Å². The molecule has 1 fully saturated rings. The average Bonchev–Trinajstić information content (AvgIpc) is 2.95. The van der Waals surface area contributed by atoms with E-state index in [-0.39, 0.29) is 5.41 Å². The number of benzene rings is 1. The van der Waals surface area contributed by atoms with Gasteiger partial charge in [0.1, 0.15) is 5.78 Å². The molecule has 1 aromatic carbocycles. The van der Waals surface area contributed by atoms with E-state index in [2.05, 4.69) is 31.2 Å². The Balaban J connectivity index is 2.05. The molecule has 0 aliphatic heterocycles. The minimum Gasteiger partial charge on any atom is -0.299 e. The second-order valence-corrected chi connectivity index (χ2v) is 5.89. The molecule has 0 saturated heterocycles. The zero-order chi connectivity index (χ0) is 13.6. The molecule has 1 heteroatoms. The highest BCUT2D eigenvalue weighted by Crippen LogP contribution is 2.42. The number of hydrogen-bond donors (Lipinski definition) is 0. The third-order valence-corrected chi connectivity index (χ3v) is 4.57. The lowest BCUT2D eigenvalue weighted by Crippen LogP contribution is -2.32.